The van der Waals surface area contributed by atoms with Crippen molar-refractivity contribution in [2.75, 3.05) is 6.61 Å². The second kappa shape index (κ2) is 5.97. The van der Waals surface area contributed by atoms with Gasteiger partial charge in [0.1, 0.15) is 0 Å². The topological polar surface area (TPSA) is 124 Å². The van der Waals surface area contributed by atoms with Crippen molar-refractivity contribution < 1.29 is 18.4 Å². The standard InChI is InChI=1S/C13H15N3O6S/c1-9-12(7-8-17)13(18)14(2)15(9)23(21,22)11-5-3-10(4-6-11)16(19)20/h3-6,17H,7-8H2,1-2H3. The molecule has 0 saturated heterocycles. The average molecular weight is 341 g/mol. The number of nitrogens with zero attached hydrogens (tertiary/aromatic N) is 3. The minimum atomic E-state index is -4.09. The van der Waals surface area contributed by atoms with E-state index in [1.165, 1.54) is 14.0 Å². The van der Waals surface area contributed by atoms with Crippen molar-refractivity contribution in [3.63, 3.8) is 0 Å². The molecule has 10 heteroatoms. The van der Waals surface area contributed by atoms with E-state index >= 15 is 0 Å². The lowest BCUT2D eigenvalue weighted by atomic mass is 10.2. The van der Waals surface area contributed by atoms with Gasteiger partial charge in [0.2, 0.25) is 0 Å². The van der Waals surface area contributed by atoms with Gasteiger partial charge in [0.25, 0.3) is 21.3 Å². The molecule has 23 heavy (non-hydrogen) atoms. The first kappa shape index (κ1) is 16.9. The van der Waals surface area contributed by atoms with E-state index in [9.17, 15) is 23.3 Å². The lowest BCUT2D eigenvalue weighted by molar-refractivity contribution is -0.384. The fourth-order valence-electron chi connectivity index (χ4n) is 2.35. The molecule has 0 spiro atoms. The zero-order valence-electron chi connectivity index (χ0n) is 12.5. The van der Waals surface area contributed by atoms with Crippen LogP contribution in [0.4, 0.5) is 5.69 Å². The van der Waals surface area contributed by atoms with Crippen LogP contribution in [-0.4, -0.2) is 33.8 Å². The van der Waals surface area contributed by atoms with E-state index in [2.05, 4.69) is 0 Å². The van der Waals surface area contributed by atoms with Gasteiger partial charge in [0.05, 0.1) is 15.5 Å². The normalized spacial score (nSPS) is 11.6. The van der Waals surface area contributed by atoms with Gasteiger partial charge in [-0.15, -0.1) is 0 Å². The quantitative estimate of drug-likeness (QED) is 0.611. The van der Waals surface area contributed by atoms with Crippen molar-refractivity contribution in [3.8, 4) is 0 Å². The molecule has 0 bridgehead atoms. The molecule has 124 valence electrons. The Hall–Kier alpha value is -2.46. The molecule has 0 radical (unpaired) electrons. The molecule has 9 nitrogen and oxygen atoms in total. The molecular formula is C13H15N3O6S. The number of nitro benzene ring substituents is 1. The zero-order valence-corrected chi connectivity index (χ0v) is 13.3. The third-order valence-electron chi connectivity index (χ3n) is 3.48. The van der Waals surface area contributed by atoms with Crippen LogP contribution in [0.3, 0.4) is 0 Å². The number of non-ortho nitro benzene ring substituents is 1. The Labute approximate surface area is 131 Å². The fourth-order valence-corrected chi connectivity index (χ4v) is 3.90. The highest BCUT2D eigenvalue weighted by Gasteiger charge is 2.25. The summed E-state index contributed by atoms with van der Waals surface area (Å²) in [7, 11) is -2.78. The van der Waals surface area contributed by atoms with Gasteiger partial charge in [0, 0.05) is 37.8 Å². The Balaban J connectivity index is 2.63. The number of rotatable bonds is 5. The lowest BCUT2D eigenvalue weighted by Gasteiger charge is -2.11. The number of aromatic nitrogens is 2. The molecule has 0 fully saturated rings. The Morgan fingerprint density at radius 3 is 2.30 bits per heavy atom. The van der Waals surface area contributed by atoms with Gasteiger partial charge in [-0.2, -0.15) is 12.5 Å². The van der Waals surface area contributed by atoms with Crippen LogP contribution < -0.4 is 5.56 Å². The van der Waals surface area contributed by atoms with Crippen molar-refractivity contribution >= 4 is 15.7 Å². The van der Waals surface area contributed by atoms with E-state index in [-0.39, 0.29) is 34.9 Å². The third-order valence-corrected chi connectivity index (χ3v) is 5.33. The van der Waals surface area contributed by atoms with Crippen molar-refractivity contribution in [1.29, 1.82) is 0 Å². The summed E-state index contributed by atoms with van der Waals surface area (Å²) in [4.78, 5) is 21.9. The van der Waals surface area contributed by atoms with Crippen LogP contribution in [0.25, 0.3) is 0 Å². The van der Waals surface area contributed by atoms with E-state index in [0.717, 1.165) is 33.0 Å². The second-order valence-electron chi connectivity index (χ2n) is 4.87. The van der Waals surface area contributed by atoms with Gasteiger partial charge < -0.3 is 5.11 Å². The van der Waals surface area contributed by atoms with Crippen LogP contribution in [0.1, 0.15) is 11.3 Å². The SMILES string of the molecule is Cc1c(CCO)c(=O)n(C)n1S(=O)(=O)c1ccc([N+](=O)[O-])cc1. The maximum atomic E-state index is 12.7. The first-order chi connectivity index (χ1) is 10.7. The van der Waals surface area contributed by atoms with Gasteiger partial charge in [0.15, 0.2) is 0 Å². The largest absolute Gasteiger partial charge is 0.396 e. The molecule has 0 unspecified atom stereocenters. The highest BCUT2D eigenvalue weighted by atomic mass is 32.2. The van der Waals surface area contributed by atoms with Crippen molar-refractivity contribution in [1.82, 2.24) is 8.77 Å². The second-order valence-corrected chi connectivity index (χ2v) is 6.63. The van der Waals surface area contributed by atoms with E-state index in [1.54, 1.807) is 0 Å². The molecule has 0 saturated carbocycles. The number of hydrogen-bond donors (Lipinski definition) is 1. The summed E-state index contributed by atoms with van der Waals surface area (Å²) in [5, 5.41) is 19.6. The number of hydrogen-bond acceptors (Lipinski definition) is 6. The van der Waals surface area contributed by atoms with Crippen LogP contribution in [0.5, 0.6) is 0 Å². The smallest absolute Gasteiger partial charge is 0.281 e. The van der Waals surface area contributed by atoms with Gasteiger partial charge in [-0.3, -0.25) is 14.9 Å². The Kier molecular flexibility index (Phi) is 4.39. The molecule has 1 aromatic carbocycles. The fraction of sp³-hybridized carbons (Fsp3) is 0.308. The molecule has 0 aliphatic rings. The van der Waals surface area contributed by atoms with Crippen molar-refractivity contribution in [2.24, 2.45) is 7.05 Å². The van der Waals surface area contributed by atoms with Crippen LogP contribution in [0.2, 0.25) is 0 Å². The minimum Gasteiger partial charge on any atom is -0.396 e. The number of benzene rings is 1. The van der Waals surface area contributed by atoms with Gasteiger partial charge in [-0.25, -0.2) is 4.68 Å². The summed E-state index contributed by atoms with van der Waals surface area (Å²) >= 11 is 0. The molecule has 2 aromatic rings. The summed E-state index contributed by atoms with van der Waals surface area (Å²) < 4.78 is 27.2. The van der Waals surface area contributed by atoms with E-state index in [1.807, 2.05) is 0 Å². The molecule has 2 rings (SSSR count). The molecule has 0 atom stereocenters. The summed E-state index contributed by atoms with van der Waals surface area (Å²) in [6, 6.07) is 4.39. The molecule has 0 amide bonds. The third kappa shape index (κ3) is 2.78. The maximum absolute atomic E-state index is 12.7. The highest BCUT2D eigenvalue weighted by Crippen LogP contribution is 2.20. The Morgan fingerprint density at radius 1 is 1.26 bits per heavy atom. The molecule has 1 N–H and O–H groups in total. The van der Waals surface area contributed by atoms with E-state index < -0.39 is 20.5 Å². The molecule has 0 aliphatic heterocycles. The predicted octanol–water partition coefficient (Wildman–Crippen LogP) is 0.175. The summed E-state index contributed by atoms with van der Waals surface area (Å²) in [6.45, 7) is 1.19. The minimum absolute atomic E-state index is 0.0429. The number of aliphatic hydroxyl groups excluding tert-OH is 1. The predicted molar refractivity (Wildman–Crippen MR) is 80.9 cm³/mol. The van der Waals surface area contributed by atoms with Gasteiger partial charge >= 0.3 is 0 Å². The number of aliphatic hydroxyl groups is 1. The van der Waals surface area contributed by atoms with E-state index in [0.29, 0.717) is 0 Å². The summed E-state index contributed by atoms with van der Waals surface area (Å²) in [5.74, 6) is 0. The Morgan fingerprint density at radius 2 is 1.83 bits per heavy atom. The van der Waals surface area contributed by atoms with Crippen molar-refractivity contribution in [3.05, 3.63) is 56.0 Å². The van der Waals surface area contributed by atoms with Gasteiger partial charge in [-0.05, 0) is 19.1 Å². The number of nitro groups is 1. The van der Waals surface area contributed by atoms with Crippen LogP contribution in [-0.2, 0) is 23.5 Å². The van der Waals surface area contributed by atoms with Crippen molar-refractivity contribution in [2.45, 2.75) is 18.2 Å². The average Bonchev–Trinajstić information content (AvgIpc) is 2.71. The van der Waals surface area contributed by atoms with Crippen LogP contribution in [0, 0.1) is 17.0 Å². The zero-order chi connectivity index (χ0) is 17.4. The maximum Gasteiger partial charge on any atom is 0.281 e. The Bertz CT molecular complexity index is 908. The van der Waals surface area contributed by atoms with Gasteiger partial charge in [-0.1, -0.05) is 0 Å². The van der Waals surface area contributed by atoms with E-state index in [4.69, 9.17) is 5.11 Å². The molecule has 1 aromatic heterocycles. The van der Waals surface area contributed by atoms with Crippen LogP contribution in [0.15, 0.2) is 34.0 Å². The highest BCUT2D eigenvalue weighted by molar-refractivity contribution is 7.89. The lowest BCUT2D eigenvalue weighted by Crippen LogP contribution is -2.26. The first-order valence-corrected chi connectivity index (χ1v) is 8.04. The first-order valence-electron chi connectivity index (χ1n) is 6.60. The van der Waals surface area contributed by atoms with Crippen LogP contribution >= 0.6 is 0 Å². The summed E-state index contributed by atoms with van der Waals surface area (Å²) in [6.07, 6.45) is 0.0429. The molecule has 1 heterocycles. The molecule has 0 aliphatic carbocycles. The molecular weight excluding hydrogens is 326 g/mol. The summed E-state index contributed by atoms with van der Waals surface area (Å²) in [5.41, 5.74) is -0.338. The monoisotopic (exact) mass is 341 g/mol.